The number of ketones is 1. The lowest BCUT2D eigenvalue weighted by molar-refractivity contribution is 0.0277. The SMILES string of the molecule is CC[C@@H](OC(=O)c1cccc(-c2nnc(-c3ccccc3)o2)c1)C(=O)c1ccccc1. The second kappa shape index (κ2) is 9.17. The molecule has 0 aliphatic rings. The fraction of sp³-hybridized carbons (Fsp3) is 0.120. The number of hydrogen-bond donors (Lipinski definition) is 0. The second-order valence-electron chi connectivity index (χ2n) is 6.89. The number of nitrogens with zero attached hydrogens (tertiary/aromatic N) is 2. The molecule has 1 aromatic heterocycles. The molecule has 0 saturated carbocycles. The van der Waals surface area contributed by atoms with Crippen molar-refractivity contribution in [3.63, 3.8) is 0 Å². The largest absolute Gasteiger partial charge is 0.450 e. The molecule has 0 saturated heterocycles. The highest BCUT2D eigenvalue weighted by molar-refractivity contribution is 6.01. The van der Waals surface area contributed by atoms with E-state index >= 15 is 0 Å². The molecule has 0 spiro atoms. The van der Waals surface area contributed by atoms with E-state index in [1.54, 1.807) is 55.5 Å². The molecular weight excluding hydrogens is 392 g/mol. The fourth-order valence-corrected chi connectivity index (χ4v) is 3.12. The van der Waals surface area contributed by atoms with E-state index in [1.165, 1.54) is 0 Å². The van der Waals surface area contributed by atoms with Gasteiger partial charge in [-0.1, -0.05) is 61.5 Å². The van der Waals surface area contributed by atoms with Crippen LogP contribution in [0, 0.1) is 0 Å². The monoisotopic (exact) mass is 412 g/mol. The molecule has 3 aromatic carbocycles. The van der Waals surface area contributed by atoms with Gasteiger partial charge >= 0.3 is 5.97 Å². The number of Topliss-reactive ketones (excluding diaryl/α,β-unsaturated/α-hetero) is 1. The molecule has 0 amide bonds. The molecule has 0 N–H and O–H groups in total. The predicted octanol–water partition coefficient (Wildman–Crippen LogP) is 5.22. The van der Waals surface area contributed by atoms with E-state index in [-0.39, 0.29) is 5.78 Å². The maximum atomic E-state index is 12.7. The van der Waals surface area contributed by atoms with Crippen molar-refractivity contribution in [2.45, 2.75) is 19.4 Å². The molecule has 0 radical (unpaired) electrons. The summed E-state index contributed by atoms with van der Waals surface area (Å²) < 4.78 is 11.3. The Hall–Kier alpha value is -4.06. The summed E-state index contributed by atoms with van der Waals surface area (Å²) >= 11 is 0. The van der Waals surface area contributed by atoms with Gasteiger partial charge in [0.15, 0.2) is 6.10 Å². The summed E-state index contributed by atoms with van der Waals surface area (Å²) in [6, 6.07) is 24.9. The molecule has 0 aliphatic carbocycles. The number of carbonyl (C=O) groups excluding carboxylic acids is 2. The molecule has 4 aromatic rings. The average Bonchev–Trinajstić information content (AvgIpc) is 3.34. The Balaban J connectivity index is 1.52. The van der Waals surface area contributed by atoms with Gasteiger partial charge in [-0.2, -0.15) is 0 Å². The topological polar surface area (TPSA) is 82.3 Å². The first kappa shape index (κ1) is 20.2. The summed E-state index contributed by atoms with van der Waals surface area (Å²) in [5.74, 6) is -0.123. The lowest BCUT2D eigenvalue weighted by Gasteiger charge is -2.15. The van der Waals surface area contributed by atoms with Gasteiger partial charge in [0.2, 0.25) is 17.6 Å². The Morgan fingerprint density at radius 1 is 0.806 bits per heavy atom. The maximum Gasteiger partial charge on any atom is 0.338 e. The van der Waals surface area contributed by atoms with Gasteiger partial charge in [0.05, 0.1) is 5.56 Å². The first-order chi connectivity index (χ1) is 15.2. The van der Waals surface area contributed by atoms with E-state index in [9.17, 15) is 9.59 Å². The smallest absolute Gasteiger partial charge is 0.338 e. The van der Waals surface area contributed by atoms with Crippen LogP contribution in [0.5, 0.6) is 0 Å². The Morgan fingerprint density at radius 3 is 2.06 bits per heavy atom. The van der Waals surface area contributed by atoms with Gasteiger partial charge in [0.25, 0.3) is 0 Å². The number of esters is 1. The van der Waals surface area contributed by atoms with Crippen LogP contribution in [-0.4, -0.2) is 28.1 Å². The number of benzene rings is 3. The fourth-order valence-electron chi connectivity index (χ4n) is 3.12. The average molecular weight is 412 g/mol. The molecule has 1 atom stereocenters. The lowest BCUT2D eigenvalue weighted by atomic mass is 10.0. The molecule has 0 fully saturated rings. The molecule has 154 valence electrons. The molecule has 4 rings (SSSR count). The first-order valence-electron chi connectivity index (χ1n) is 9.95. The third kappa shape index (κ3) is 4.59. The van der Waals surface area contributed by atoms with Crippen LogP contribution in [0.4, 0.5) is 0 Å². The highest BCUT2D eigenvalue weighted by Crippen LogP contribution is 2.25. The minimum absolute atomic E-state index is 0.225. The van der Waals surface area contributed by atoms with Gasteiger partial charge in [-0.3, -0.25) is 4.79 Å². The molecule has 0 aliphatic heterocycles. The normalized spacial score (nSPS) is 11.6. The summed E-state index contributed by atoms with van der Waals surface area (Å²) in [6.45, 7) is 1.80. The maximum absolute atomic E-state index is 12.7. The minimum Gasteiger partial charge on any atom is -0.450 e. The molecular formula is C25H20N2O4. The Kier molecular flexibility index (Phi) is 5.98. The van der Waals surface area contributed by atoms with Crippen molar-refractivity contribution < 1.29 is 18.7 Å². The summed E-state index contributed by atoms with van der Waals surface area (Å²) in [5, 5.41) is 8.16. The molecule has 1 heterocycles. The molecule has 0 bridgehead atoms. The van der Waals surface area contributed by atoms with Crippen molar-refractivity contribution in [1.29, 1.82) is 0 Å². The molecule has 31 heavy (non-hydrogen) atoms. The van der Waals surface area contributed by atoms with E-state index in [0.29, 0.717) is 34.9 Å². The Bertz CT molecular complexity index is 1190. The van der Waals surface area contributed by atoms with Crippen LogP contribution in [0.2, 0.25) is 0 Å². The van der Waals surface area contributed by atoms with Crippen molar-refractivity contribution in [2.75, 3.05) is 0 Å². The van der Waals surface area contributed by atoms with E-state index in [2.05, 4.69) is 10.2 Å². The molecule has 6 nitrogen and oxygen atoms in total. The van der Waals surface area contributed by atoms with E-state index in [4.69, 9.17) is 9.15 Å². The van der Waals surface area contributed by atoms with Gasteiger partial charge in [0, 0.05) is 16.7 Å². The number of ether oxygens (including phenoxy) is 1. The molecule has 6 heteroatoms. The summed E-state index contributed by atoms with van der Waals surface area (Å²) in [4.78, 5) is 25.4. The summed E-state index contributed by atoms with van der Waals surface area (Å²) in [7, 11) is 0. The van der Waals surface area contributed by atoms with Crippen molar-refractivity contribution in [3.8, 4) is 22.9 Å². The number of carbonyl (C=O) groups is 2. The third-order valence-corrected chi connectivity index (χ3v) is 4.76. The van der Waals surface area contributed by atoms with Crippen LogP contribution in [0.3, 0.4) is 0 Å². The van der Waals surface area contributed by atoms with E-state index in [1.807, 2.05) is 36.4 Å². The highest BCUT2D eigenvalue weighted by Gasteiger charge is 2.23. The Morgan fingerprint density at radius 2 is 1.39 bits per heavy atom. The van der Waals surface area contributed by atoms with Crippen LogP contribution < -0.4 is 0 Å². The van der Waals surface area contributed by atoms with Crippen molar-refractivity contribution >= 4 is 11.8 Å². The lowest BCUT2D eigenvalue weighted by Crippen LogP contribution is -2.26. The van der Waals surface area contributed by atoms with Crippen molar-refractivity contribution in [1.82, 2.24) is 10.2 Å². The van der Waals surface area contributed by atoms with Crippen molar-refractivity contribution in [3.05, 3.63) is 96.1 Å². The number of hydrogen-bond acceptors (Lipinski definition) is 6. The van der Waals surface area contributed by atoms with Gasteiger partial charge in [0.1, 0.15) is 0 Å². The quantitative estimate of drug-likeness (QED) is 0.306. The van der Waals surface area contributed by atoms with E-state index < -0.39 is 12.1 Å². The first-order valence-corrected chi connectivity index (χ1v) is 9.95. The zero-order chi connectivity index (χ0) is 21.6. The van der Waals surface area contributed by atoms with Gasteiger partial charge in [-0.05, 0) is 36.8 Å². The van der Waals surface area contributed by atoms with Crippen LogP contribution in [0.15, 0.2) is 89.3 Å². The highest BCUT2D eigenvalue weighted by atomic mass is 16.5. The van der Waals surface area contributed by atoms with Crippen LogP contribution >= 0.6 is 0 Å². The van der Waals surface area contributed by atoms with Crippen LogP contribution in [0.25, 0.3) is 22.9 Å². The Labute approximate surface area is 179 Å². The van der Waals surface area contributed by atoms with Gasteiger partial charge in [-0.25, -0.2) is 4.79 Å². The van der Waals surface area contributed by atoms with Gasteiger partial charge < -0.3 is 9.15 Å². The predicted molar refractivity (Wildman–Crippen MR) is 115 cm³/mol. The van der Waals surface area contributed by atoms with Gasteiger partial charge in [-0.15, -0.1) is 10.2 Å². The number of aromatic nitrogens is 2. The summed E-state index contributed by atoms with van der Waals surface area (Å²) in [6.07, 6.45) is -0.477. The van der Waals surface area contributed by atoms with Crippen LogP contribution in [0.1, 0.15) is 34.1 Å². The zero-order valence-corrected chi connectivity index (χ0v) is 16.9. The van der Waals surface area contributed by atoms with Crippen LogP contribution in [-0.2, 0) is 4.74 Å². The third-order valence-electron chi connectivity index (χ3n) is 4.76. The zero-order valence-electron chi connectivity index (χ0n) is 16.9. The summed E-state index contributed by atoms with van der Waals surface area (Å²) in [5.41, 5.74) is 2.21. The molecule has 0 unspecified atom stereocenters. The minimum atomic E-state index is -0.855. The van der Waals surface area contributed by atoms with E-state index in [0.717, 1.165) is 5.56 Å². The standard InChI is InChI=1S/C25H20N2O4/c1-2-21(22(28)17-10-5-3-6-11-17)30-25(29)20-15-9-14-19(16-20)24-27-26-23(31-24)18-12-7-4-8-13-18/h3-16,21H,2H2,1H3/t21-/m1/s1. The van der Waals surface area contributed by atoms with Crippen molar-refractivity contribution in [2.24, 2.45) is 0 Å². The number of rotatable bonds is 7. The second-order valence-corrected chi connectivity index (χ2v) is 6.89.